The third-order valence-electron chi connectivity index (χ3n) is 5.22. The van der Waals surface area contributed by atoms with Gasteiger partial charge in [-0.3, -0.25) is 4.79 Å². The minimum absolute atomic E-state index is 0.168. The van der Waals surface area contributed by atoms with Gasteiger partial charge >= 0.3 is 5.97 Å². The predicted octanol–water partition coefficient (Wildman–Crippen LogP) is 4.26. The molecule has 0 spiro atoms. The number of nitrogens with zero attached hydrogens (tertiary/aromatic N) is 1. The van der Waals surface area contributed by atoms with Gasteiger partial charge in [-0.25, -0.2) is 4.79 Å². The van der Waals surface area contributed by atoms with E-state index >= 15 is 0 Å². The molecular weight excluding hydrogens is 362 g/mol. The van der Waals surface area contributed by atoms with Crippen molar-refractivity contribution >= 4 is 23.1 Å². The van der Waals surface area contributed by atoms with Gasteiger partial charge in [0.1, 0.15) is 4.88 Å². The molecular formula is C21H27NO4S. The number of rotatable bonds is 7. The number of carbonyl (C=O) groups excluding carboxylic acids is 2. The molecule has 0 unspecified atom stereocenters. The van der Waals surface area contributed by atoms with E-state index in [1.54, 1.807) is 0 Å². The lowest BCUT2D eigenvalue weighted by Gasteiger charge is -2.14. The molecule has 0 aliphatic carbocycles. The molecule has 0 N–H and O–H groups in total. The average Bonchev–Trinajstić information content (AvgIpc) is 3.35. The molecule has 1 aliphatic rings. The monoisotopic (exact) mass is 389 g/mol. The summed E-state index contributed by atoms with van der Waals surface area (Å²) in [5.74, 6) is -0.594. The van der Waals surface area contributed by atoms with Crippen LogP contribution >= 0.6 is 11.3 Å². The molecule has 1 saturated heterocycles. The van der Waals surface area contributed by atoms with Gasteiger partial charge in [0.05, 0.1) is 6.10 Å². The van der Waals surface area contributed by atoms with E-state index in [1.807, 2.05) is 32.9 Å². The molecule has 1 aliphatic heterocycles. The largest absolute Gasteiger partial charge is 0.453 e. The zero-order chi connectivity index (χ0) is 19.6. The molecule has 1 fully saturated rings. The third-order valence-corrected chi connectivity index (χ3v) is 6.29. The van der Waals surface area contributed by atoms with Gasteiger partial charge in [-0.2, -0.15) is 0 Å². The van der Waals surface area contributed by atoms with E-state index in [0.717, 1.165) is 54.2 Å². The van der Waals surface area contributed by atoms with Crippen molar-refractivity contribution in [2.75, 3.05) is 13.2 Å². The summed E-state index contributed by atoms with van der Waals surface area (Å²) >= 11 is 1.42. The Hall–Kier alpha value is -1.92. The Morgan fingerprint density at radius 1 is 1.30 bits per heavy atom. The van der Waals surface area contributed by atoms with Crippen LogP contribution in [0.3, 0.4) is 0 Å². The highest BCUT2D eigenvalue weighted by Gasteiger charge is 2.22. The maximum Gasteiger partial charge on any atom is 0.348 e. The minimum Gasteiger partial charge on any atom is -0.453 e. The molecule has 5 nitrogen and oxygen atoms in total. The second-order valence-electron chi connectivity index (χ2n) is 7.08. The summed E-state index contributed by atoms with van der Waals surface area (Å²) in [4.78, 5) is 26.6. The fourth-order valence-electron chi connectivity index (χ4n) is 3.61. The van der Waals surface area contributed by atoms with Crippen molar-refractivity contribution in [3.63, 3.8) is 0 Å². The molecule has 3 rings (SSSR count). The number of ether oxygens (including phenoxy) is 2. The van der Waals surface area contributed by atoms with E-state index in [0.29, 0.717) is 10.4 Å². The third kappa shape index (κ3) is 4.33. The van der Waals surface area contributed by atoms with Gasteiger partial charge in [0, 0.05) is 35.0 Å². The van der Waals surface area contributed by atoms with Crippen molar-refractivity contribution in [1.29, 1.82) is 0 Å². The van der Waals surface area contributed by atoms with E-state index in [1.165, 1.54) is 11.3 Å². The molecule has 0 radical (unpaired) electrons. The Labute approximate surface area is 164 Å². The normalized spacial score (nSPS) is 16.7. The van der Waals surface area contributed by atoms with Gasteiger partial charge in [-0.15, -0.1) is 11.3 Å². The molecule has 3 heterocycles. The van der Waals surface area contributed by atoms with Crippen LogP contribution in [0.1, 0.15) is 61.6 Å². The fourth-order valence-corrected chi connectivity index (χ4v) is 4.62. The molecule has 146 valence electrons. The second kappa shape index (κ2) is 8.40. The summed E-state index contributed by atoms with van der Waals surface area (Å²) < 4.78 is 13.1. The summed E-state index contributed by atoms with van der Waals surface area (Å²) in [5, 5.41) is 0. The van der Waals surface area contributed by atoms with Crippen LogP contribution in [0.2, 0.25) is 0 Å². The van der Waals surface area contributed by atoms with Crippen molar-refractivity contribution in [1.82, 2.24) is 4.57 Å². The summed E-state index contributed by atoms with van der Waals surface area (Å²) in [6.45, 7) is 9.32. The standard InChI is InChI=1S/C21H27NO4S/c1-5-16-10-20(27-15(16)4)21(24)26-12-19(23)18-9-13(2)22(14(18)3)11-17-7-6-8-25-17/h9-10,17H,5-8,11-12H2,1-4H3/t17-/m1/s1. The quantitative estimate of drug-likeness (QED) is 0.525. The van der Waals surface area contributed by atoms with E-state index < -0.39 is 5.97 Å². The van der Waals surface area contributed by atoms with E-state index in [-0.39, 0.29) is 18.5 Å². The Bertz CT molecular complexity index is 843. The number of Topliss-reactive ketones (excluding diaryl/α,β-unsaturated/α-hetero) is 1. The molecule has 0 saturated carbocycles. The lowest BCUT2D eigenvalue weighted by molar-refractivity contribution is 0.0479. The zero-order valence-electron chi connectivity index (χ0n) is 16.5. The van der Waals surface area contributed by atoms with Crippen LogP contribution in [0.15, 0.2) is 12.1 Å². The van der Waals surface area contributed by atoms with E-state index in [2.05, 4.69) is 11.5 Å². The number of hydrogen-bond donors (Lipinski definition) is 0. The SMILES string of the molecule is CCc1cc(C(=O)OCC(=O)c2cc(C)n(C[C@H]3CCCO3)c2C)sc1C. The molecule has 0 amide bonds. The number of aryl methyl sites for hydroxylation is 3. The highest BCUT2D eigenvalue weighted by Crippen LogP contribution is 2.23. The zero-order valence-corrected chi connectivity index (χ0v) is 17.3. The maximum atomic E-state index is 12.6. The molecule has 2 aromatic heterocycles. The van der Waals surface area contributed by atoms with Crippen LogP contribution in [-0.4, -0.2) is 35.6 Å². The Morgan fingerprint density at radius 3 is 2.70 bits per heavy atom. The van der Waals surface area contributed by atoms with Crippen molar-refractivity contribution in [2.45, 2.75) is 59.6 Å². The van der Waals surface area contributed by atoms with Gasteiger partial charge < -0.3 is 14.0 Å². The molecule has 1 atom stereocenters. The van der Waals surface area contributed by atoms with Crippen LogP contribution < -0.4 is 0 Å². The number of esters is 1. The summed E-state index contributed by atoms with van der Waals surface area (Å²) in [5.41, 5.74) is 3.70. The minimum atomic E-state index is -0.427. The lowest BCUT2D eigenvalue weighted by atomic mass is 10.1. The highest BCUT2D eigenvalue weighted by molar-refractivity contribution is 7.14. The van der Waals surface area contributed by atoms with Crippen LogP contribution in [-0.2, 0) is 22.4 Å². The van der Waals surface area contributed by atoms with Crippen molar-refractivity contribution in [3.8, 4) is 0 Å². The highest BCUT2D eigenvalue weighted by atomic mass is 32.1. The summed E-state index contributed by atoms with van der Waals surface area (Å²) in [6, 6.07) is 3.74. The average molecular weight is 390 g/mol. The first kappa shape index (κ1) is 19.8. The van der Waals surface area contributed by atoms with E-state index in [4.69, 9.17) is 9.47 Å². The smallest absolute Gasteiger partial charge is 0.348 e. The number of hydrogen-bond acceptors (Lipinski definition) is 5. The molecule has 0 aromatic carbocycles. The Morgan fingerprint density at radius 2 is 2.07 bits per heavy atom. The molecule has 27 heavy (non-hydrogen) atoms. The van der Waals surface area contributed by atoms with Gasteiger partial charge in [-0.1, -0.05) is 6.92 Å². The topological polar surface area (TPSA) is 57.5 Å². The van der Waals surface area contributed by atoms with Crippen molar-refractivity contribution in [3.05, 3.63) is 44.4 Å². The van der Waals surface area contributed by atoms with Gasteiger partial charge in [0.25, 0.3) is 0 Å². The van der Waals surface area contributed by atoms with Crippen LogP contribution in [0.5, 0.6) is 0 Å². The number of aromatic nitrogens is 1. The summed E-state index contributed by atoms with van der Waals surface area (Å²) in [7, 11) is 0. The number of thiophene rings is 1. The van der Waals surface area contributed by atoms with Gasteiger partial charge in [0.2, 0.25) is 5.78 Å². The molecule has 6 heteroatoms. The summed E-state index contributed by atoms with van der Waals surface area (Å²) in [6.07, 6.45) is 3.24. The first-order valence-corrected chi connectivity index (χ1v) is 10.3. The molecule has 2 aromatic rings. The molecule has 0 bridgehead atoms. The Balaban J connectivity index is 1.64. The van der Waals surface area contributed by atoms with Crippen LogP contribution in [0.4, 0.5) is 0 Å². The number of carbonyl (C=O) groups is 2. The Kier molecular flexibility index (Phi) is 6.17. The van der Waals surface area contributed by atoms with Crippen LogP contribution in [0.25, 0.3) is 0 Å². The maximum absolute atomic E-state index is 12.6. The number of ketones is 1. The predicted molar refractivity (Wildman–Crippen MR) is 106 cm³/mol. The van der Waals surface area contributed by atoms with Crippen molar-refractivity contribution < 1.29 is 19.1 Å². The second-order valence-corrected chi connectivity index (χ2v) is 8.33. The lowest BCUT2D eigenvalue weighted by Crippen LogP contribution is -2.18. The fraction of sp³-hybridized carbons (Fsp3) is 0.524. The van der Waals surface area contributed by atoms with Gasteiger partial charge in [-0.05, 0) is 57.7 Å². The van der Waals surface area contributed by atoms with Gasteiger partial charge in [0.15, 0.2) is 6.61 Å². The first-order valence-electron chi connectivity index (χ1n) is 9.48. The van der Waals surface area contributed by atoms with E-state index in [9.17, 15) is 9.59 Å². The van der Waals surface area contributed by atoms with Crippen molar-refractivity contribution in [2.24, 2.45) is 0 Å². The van der Waals surface area contributed by atoms with Crippen LogP contribution in [0, 0.1) is 20.8 Å². The first-order chi connectivity index (χ1) is 12.9.